The molecule has 5 nitrogen and oxygen atoms in total. The van der Waals surface area contributed by atoms with Crippen molar-refractivity contribution in [3.63, 3.8) is 0 Å². The van der Waals surface area contributed by atoms with E-state index in [0.29, 0.717) is 0 Å². The van der Waals surface area contributed by atoms with Gasteiger partial charge >= 0.3 is 5.97 Å². The van der Waals surface area contributed by atoms with Crippen molar-refractivity contribution in [1.29, 1.82) is 0 Å². The van der Waals surface area contributed by atoms with Crippen molar-refractivity contribution in [2.75, 3.05) is 0 Å². The second-order valence-corrected chi connectivity index (χ2v) is 4.34. The highest BCUT2D eigenvalue weighted by molar-refractivity contribution is 6.04. The second kappa shape index (κ2) is 6.68. The fraction of sp³-hybridized carbons (Fsp3) is 0.357. The third-order valence-electron chi connectivity index (χ3n) is 2.49. The Morgan fingerprint density at radius 3 is 2.21 bits per heavy atom. The average molecular weight is 263 g/mol. The van der Waals surface area contributed by atoms with Crippen LogP contribution in [0, 0.1) is 6.92 Å². The summed E-state index contributed by atoms with van der Waals surface area (Å²) in [5, 5.41) is 2.26. The Balaban J connectivity index is 2.59. The molecule has 0 bridgehead atoms. The number of aryl methyl sites for hydroxylation is 1. The molecule has 0 heterocycles. The first-order chi connectivity index (χ1) is 8.90. The van der Waals surface area contributed by atoms with Crippen LogP contribution in [0.15, 0.2) is 24.3 Å². The van der Waals surface area contributed by atoms with Crippen LogP contribution in [-0.2, 0) is 25.7 Å². The highest BCUT2D eigenvalue weighted by atomic mass is 16.5. The average Bonchev–Trinajstić information content (AvgIpc) is 2.34. The molecule has 1 rings (SSSR count). The molecule has 1 aromatic rings. The van der Waals surface area contributed by atoms with Gasteiger partial charge in [0.15, 0.2) is 11.8 Å². The summed E-state index contributed by atoms with van der Waals surface area (Å²) in [4.78, 5) is 33.9. The highest BCUT2D eigenvalue weighted by Gasteiger charge is 2.25. The Morgan fingerprint density at radius 1 is 1.16 bits per heavy atom. The maximum Gasteiger partial charge on any atom is 0.336 e. The molecule has 1 atom stereocenters. The first-order valence-electron chi connectivity index (χ1n) is 5.90. The third kappa shape index (κ3) is 4.91. The van der Waals surface area contributed by atoms with E-state index < -0.39 is 23.7 Å². The monoisotopic (exact) mass is 263 g/mol. The number of ether oxygens (including phenoxy) is 1. The molecule has 1 amide bonds. The minimum atomic E-state index is -1.23. The first kappa shape index (κ1) is 14.9. The lowest BCUT2D eigenvalue weighted by molar-refractivity contribution is -0.151. The van der Waals surface area contributed by atoms with E-state index in [4.69, 9.17) is 4.74 Å². The fourth-order valence-electron chi connectivity index (χ4n) is 1.45. The van der Waals surface area contributed by atoms with Gasteiger partial charge in [-0.15, -0.1) is 0 Å². The van der Waals surface area contributed by atoms with E-state index in [9.17, 15) is 14.4 Å². The lowest BCUT2D eigenvalue weighted by atomic mass is 10.1. The van der Waals surface area contributed by atoms with Crippen LogP contribution in [0.25, 0.3) is 0 Å². The van der Waals surface area contributed by atoms with Gasteiger partial charge in [0.05, 0.1) is 0 Å². The van der Waals surface area contributed by atoms with E-state index in [0.717, 1.165) is 11.1 Å². The number of amides is 1. The summed E-state index contributed by atoms with van der Waals surface area (Å²) in [6.07, 6.45) is 0. The molecule has 1 unspecified atom stereocenters. The number of esters is 1. The maximum atomic E-state index is 11.7. The number of ketones is 1. The van der Waals surface area contributed by atoms with Gasteiger partial charge < -0.3 is 10.1 Å². The quantitative estimate of drug-likeness (QED) is 0.638. The minimum Gasteiger partial charge on any atom is -0.459 e. The predicted molar refractivity (Wildman–Crippen MR) is 69.3 cm³/mol. The van der Waals surface area contributed by atoms with Gasteiger partial charge in [-0.05, 0) is 19.4 Å². The molecule has 0 aliphatic heterocycles. The summed E-state index contributed by atoms with van der Waals surface area (Å²) >= 11 is 0. The predicted octanol–water partition coefficient (Wildman–Crippen LogP) is 1.13. The van der Waals surface area contributed by atoms with Crippen LogP contribution in [0.3, 0.4) is 0 Å². The van der Waals surface area contributed by atoms with E-state index in [2.05, 4.69) is 5.32 Å². The SMILES string of the molecule is CC(=O)NC(C(C)=O)C(=O)OCc1ccc(C)cc1. The third-order valence-corrected chi connectivity index (χ3v) is 2.49. The molecule has 0 aliphatic carbocycles. The largest absolute Gasteiger partial charge is 0.459 e. The topological polar surface area (TPSA) is 72.5 Å². The van der Waals surface area contributed by atoms with E-state index in [1.807, 2.05) is 31.2 Å². The Kier molecular flexibility index (Phi) is 5.23. The van der Waals surface area contributed by atoms with Gasteiger partial charge in [0.1, 0.15) is 6.61 Å². The van der Waals surface area contributed by atoms with Crippen LogP contribution in [0.5, 0.6) is 0 Å². The zero-order valence-corrected chi connectivity index (χ0v) is 11.2. The molecular weight excluding hydrogens is 246 g/mol. The molecule has 19 heavy (non-hydrogen) atoms. The van der Waals surface area contributed by atoms with Crippen molar-refractivity contribution < 1.29 is 19.1 Å². The summed E-state index contributed by atoms with van der Waals surface area (Å²) in [5.41, 5.74) is 1.93. The van der Waals surface area contributed by atoms with Crippen molar-refractivity contribution in [2.24, 2.45) is 0 Å². The lowest BCUT2D eigenvalue weighted by Gasteiger charge is -2.13. The number of hydrogen-bond acceptors (Lipinski definition) is 4. The summed E-state index contributed by atoms with van der Waals surface area (Å²) < 4.78 is 5.02. The summed E-state index contributed by atoms with van der Waals surface area (Å²) in [6, 6.07) is 6.25. The molecule has 0 saturated heterocycles. The van der Waals surface area contributed by atoms with Gasteiger partial charge in [-0.3, -0.25) is 9.59 Å². The molecule has 1 N–H and O–H groups in total. The number of rotatable bonds is 5. The Hall–Kier alpha value is -2.17. The zero-order chi connectivity index (χ0) is 14.4. The number of carbonyl (C=O) groups is 3. The molecule has 5 heteroatoms. The number of Topliss-reactive ketones (excluding diaryl/α,β-unsaturated/α-hetero) is 1. The van der Waals surface area contributed by atoms with Crippen LogP contribution in [0.2, 0.25) is 0 Å². The molecule has 0 radical (unpaired) electrons. The number of benzene rings is 1. The van der Waals surface area contributed by atoms with Crippen LogP contribution < -0.4 is 5.32 Å². The van der Waals surface area contributed by atoms with Crippen molar-refractivity contribution in [3.05, 3.63) is 35.4 Å². The van der Waals surface area contributed by atoms with Gasteiger partial charge in [0.2, 0.25) is 5.91 Å². The van der Waals surface area contributed by atoms with Gasteiger partial charge in [0, 0.05) is 6.92 Å². The Labute approximate surface area is 111 Å². The molecule has 0 spiro atoms. The van der Waals surface area contributed by atoms with Crippen molar-refractivity contribution in [3.8, 4) is 0 Å². The van der Waals surface area contributed by atoms with E-state index in [1.54, 1.807) is 0 Å². The molecule has 0 aliphatic rings. The highest BCUT2D eigenvalue weighted by Crippen LogP contribution is 2.05. The second-order valence-electron chi connectivity index (χ2n) is 4.34. The van der Waals surface area contributed by atoms with Crippen LogP contribution >= 0.6 is 0 Å². The van der Waals surface area contributed by atoms with Crippen molar-refractivity contribution in [1.82, 2.24) is 5.32 Å². The number of nitrogens with one attached hydrogen (secondary N) is 1. The van der Waals surface area contributed by atoms with E-state index >= 15 is 0 Å². The molecule has 0 saturated carbocycles. The smallest absolute Gasteiger partial charge is 0.336 e. The van der Waals surface area contributed by atoms with E-state index in [-0.39, 0.29) is 6.61 Å². The van der Waals surface area contributed by atoms with Crippen LogP contribution in [0.1, 0.15) is 25.0 Å². The van der Waals surface area contributed by atoms with Gasteiger partial charge in [-0.25, -0.2) is 4.79 Å². The molecule has 102 valence electrons. The normalized spacial score (nSPS) is 11.5. The van der Waals surface area contributed by atoms with E-state index in [1.165, 1.54) is 13.8 Å². The number of carbonyl (C=O) groups excluding carboxylic acids is 3. The van der Waals surface area contributed by atoms with Crippen molar-refractivity contribution in [2.45, 2.75) is 33.4 Å². The van der Waals surface area contributed by atoms with Crippen LogP contribution in [0.4, 0.5) is 0 Å². The van der Waals surface area contributed by atoms with Gasteiger partial charge in [0.25, 0.3) is 0 Å². The molecule has 1 aromatic carbocycles. The first-order valence-corrected chi connectivity index (χ1v) is 5.90. The maximum absolute atomic E-state index is 11.7. The molecule has 0 aromatic heterocycles. The summed E-state index contributed by atoms with van der Waals surface area (Å²) in [5.74, 6) is -1.65. The summed E-state index contributed by atoms with van der Waals surface area (Å²) in [7, 11) is 0. The standard InChI is InChI=1S/C14H17NO4/c1-9-4-6-12(7-5-9)8-19-14(18)13(10(2)16)15-11(3)17/h4-7,13H,8H2,1-3H3,(H,15,17). The molecule has 0 fully saturated rings. The lowest BCUT2D eigenvalue weighted by Crippen LogP contribution is -2.45. The van der Waals surface area contributed by atoms with Gasteiger partial charge in [-0.1, -0.05) is 29.8 Å². The Bertz CT molecular complexity index is 479. The number of hydrogen-bond donors (Lipinski definition) is 1. The fourth-order valence-corrected chi connectivity index (χ4v) is 1.45. The Morgan fingerprint density at radius 2 is 1.74 bits per heavy atom. The van der Waals surface area contributed by atoms with Gasteiger partial charge in [-0.2, -0.15) is 0 Å². The van der Waals surface area contributed by atoms with Crippen molar-refractivity contribution >= 4 is 17.7 Å². The van der Waals surface area contributed by atoms with Crippen LogP contribution in [-0.4, -0.2) is 23.7 Å². The zero-order valence-electron chi connectivity index (χ0n) is 11.2. The molecular formula is C14H17NO4. The summed E-state index contributed by atoms with van der Waals surface area (Å²) in [6.45, 7) is 4.50. The minimum absolute atomic E-state index is 0.0719.